The Kier molecular flexibility index (Phi) is 7.54. The Balaban J connectivity index is 1.69. The lowest BCUT2D eigenvalue weighted by Gasteiger charge is -2.29. The highest BCUT2D eigenvalue weighted by Crippen LogP contribution is 2.31. The minimum absolute atomic E-state index is 0.0196. The van der Waals surface area contributed by atoms with E-state index in [1.54, 1.807) is 0 Å². The second kappa shape index (κ2) is 10.1. The van der Waals surface area contributed by atoms with Gasteiger partial charge in [0.05, 0.1) is 12.1 Å². The summed E-state index contributed by atoms with van der Waals surface area (Å²) in [4.78, 5) is 13.0. The number of anilines is 1. The van der Waals surface area contributed by atoms with Crippen molar-refractivity contribution in [1.82, 2.24) is 5.32 Å². The molecule has 0 radical (unpaired) electrons. The highest BCUT2D eigenvalue weighted by molar-refractivity contribution is 5.82. The van der Waals surface area contributed by atoms with Crippen LogP contribution in [-0.2, 0) is 17.6 Å². The SMILES string of the molecule is CCCCCc1ccc2c(c1)C(NC(=O)C(N)Cc1c(C)cc(C)cc1C)CCN2. The maximum atomic E-state index is 13.0. The average Bonchev–Trinajstić information content (AvgIpc) is 2.71. The molecule has 1 aliphatic heterocycles. The van der Waals surface area contributed by atoms with Gasteiger partial charge in [0.2, 0.25) is 5.91 Å². The van der Waals surface area contributed by atoms with Crippen LogP contribution < -0.4 is 16.4 Å². The molecule has 162 valence electrons. The van der Waals surface area contributed by atoms with Crippen LogP contribution in [0, 0.1) is 20.8 Å². The summed E-state index contributed by atoms with van der Waals surface area (Å²) in [7, 11) is 0. The third-order valence-corrected chi connectivity index (χ3v) is 6.23. The quantitative estimate of drug-likeness (QED) is 0.546. The molecule has 2 aromatic rings. The number of amides is 1. The molecule has 0 bridgehead atoms. The molecule has 1 heterocycles. The molecule has 0 aliphatic carbocycles. The molecule has 4 nitrogen and oxygen atoms in total. The maximum Gasteiger partial charge on any atom is 0.237 e. The van der Waals surface area contributed by atoms with E-state index in [1.807, 2.05) is 0 Å². The number of carbonyl (C=O) groups excluding carboxylic acids is 1. The van der Waals surface area contributed by atoms with Crippen molar-refractivity contribution in [2.45, 2.75) is 78.3 Å². The lowest BCUT2D eigenvalue weighted by atomic mass is 9.92. The highest BCUT2D eigenvalue weighted by Gasteiger charge is 2.25. The van der Waals surface area contributed by atoms with Crippen molar-refractivity contribution >= 4 is 11.6 Å². The number of unbranched alkanes of at least 4 members (excludes halogenated alkanes) is 2. The molecule has 4 N–H and O–H groups in total. The Hall–Kier alpha value is -2.33. The Morgan fingerprint density at radius 1 is 1.17 bits per heavy atom. The van der Waals surface area contributed by atoms with Crippen molar-refractivity contribution in [2.24, 2.45) is 5.73 Å². The van der Waals surface area contributed by atoms with Gasteiger partial charge in [-0.1, -0.05) is 49.6 Å². The van der Waals surface area contributed by atoms with Crippen molar-refractivity contribution in [3.05, 3.63) is 63.7 Å². The number of aryl methyl sites for hydroxylation is 4. The number of benzene rings is 2. The van der Waals surface area contributed by atoms with Crippen LogP contribution in [0.3, 0.4) is 0 Å². The Bertz CT molecular complexity index is 867. The number of carbonyl (C=O) groups is 1. The van der Waals surface area contributed by atoms with Crippen LogP contribution in [-0.4, -0.2) is 18.5 Å². The zero-order valence-electron chi connectivity index (χ0n) is 19.0. The van der Waals surface area contributed by atoms with Gasteiger partial charge in [-0.25, -0.2) is 0 Å². The van der Waals surface area contributed by atoms with Gasteiger partial charge in [0.1, 0.15) is 0 Å². The monoisotopic (exact) mass is 407 g/mol. The number of nitrogens with one attached hydrogen (secondary N) is 2. The van der Waals surface area contributed by atoms with E-state index in [1.165, 1.54) is 52.6 Å². The number of hydrogen-bond acceptors (Lipinski definition) is 3. The van der Waals surface area contributed by atoms with E-state index in [0.717, 1.165) is 25.1 Å². The standard InChI is InChI=1S/C26H37N3O/c1-5-6-7-8-20-9-10-24-22(15-20)25(11-12-28-24)29-26(30)23(27)16-21-18(3)13-17(2)14-19(21)4/h9-10,13-15,23,25,28H,5-8,11-12,16,27H2,1-4H3,(H,29,30). The van der Waals surface area contributed by atoms with Crippen molar-refractivity contribution in [1.29, 1.82) is 0 Å². The normalized spacial score (nSPS) is 16.5. The molecule has 30 heavy (non-hydrogen) atoms. The molecule has 0 spiro atoms. The topological polar surface area (TPSA) is 67.2 Å². The molecule has 4 heteroatoms. The summed E-state index contributed by atoms with van der Waals surface area (Å²) in [5.41, 5.74) is 14.9. The molecule has 0 saturated carbocycles. The van der Waals surface area contributed by atoms with Crippen LogP contribution in [0.5, 0.6) is 0 Å². The third-order valence-electron chi connectivity index (χ3n) is 6.23. The fourth-order valence-electron chi connectivity index (χ4n) is 4.58. The fraction of sp³-hybridized carbons (Fsp3) is 0.500. The first-order valence-corrected chi connectivity index (χ1v) is 11.4. The lowest BCUT2D eigenvalue weighted by Crippen LogP contribution is -2.44. The first-order chi connectivity index (χ1) is 14.4. The van der Waals surface area contributed by atoms with Crippen molar-refractivity contribution in [3.63, 3.8) is 0 Å². The van der Waals surface area contributed by atoms with Gasteiger partial charge in [0, 0.05) is 12.2 Å². The number of nitrogens with two attached hydrogens (primary N) is 1. The molecule has 0 saturated heterocycles. The summed E-state index contributed by atoms with van der Waals surface area (Å²) in [6.45, 7) is 9.39. The smallest absolute Gasteiger partial charge is 0.237 e. The third kappa shape index (κ3) is 5.42. The van der Waals surface area contributed by atoms with Crippen LogP contribution >= 0.6 is 0 Å². The van der Waals surface area contributed by atoms with Crippen molar-refractivity contribution in [2.75, 3.05) is 11.9 Å². The van der Waals surface area contributed by atoms with E-state index in [0.29, 0.717) is 6.42 Å². The van der Waals surface area contributed by atoms with E-state index in [4.69, 9.17) is 5.73 Å². The van der Waals surface area contributed by atoms with Gasteiger partial charge in [0.15, 0.2) is 0 Å². The van der Waals surface area contributed by atoms with Crippen LogP contribution in [0.4, 0.5) is 5.69 Å². The molecule has 0 fully saturated rings. The second-order valence-corrected chi connectivity index (χ2v) is 8.84. The van der Waals surface area contributed by atoms with Crippen LogP contribution in [0.25, 0.3) is 0 Å². The fourth-order valence-corrected chi connectivity index (χ4v) is 4.58. The Labute approximate surface area is 181 Å². The van der Waals surface area contributed by atoms with Gasteiger partial charge >= 0.3 is 0 Å². The molecule has 2 atom stereocenters. The maximum absolute atomic E-state index is 13.0. The summed E-state index contributed by atoms with van der Waals surface area (Å²) in [6, 6.07) is 10.4. The summed E-state index contributed by atoms with van der Waals surface area (Å²) in [5.74, 6) is -0.0661. The Morgan fingerprint density at radius 3 is 2.60 bits per heavy atom. The molecule has 3 rings (SSSR count). The van der Waals surface area contributed by atoms with Crippen molar-refractivity contribution < 1.29 is 4.79 Å². The molecule has 2 unspecified atom stereocenters. The first kappa shape index (κ1) is 22.4. The average molecular weight is 408 g/mol. The molecular weight excluding hydrogens is 370 g/mol. The lowest BCUT2D eigenvalue weighted by molar-refractivity contribution is -0.123. The van der Waals surface area contributed by atoms with Gasteiger partial charge in [-0.15, -0.1) is 0 Å². The van der Waals surface area contributed by atoms with E-state index in [2.05, 4.69) is 68.7 Å². The predicted octanol–water partition coefficient (Wildman–Crippen LogP) is 4.89. The molecular formula is C26H37N3O. The molecule has 2 aromatic carbocycles. The molecule has 1 amide bonds. The first-order valence-electron chi connectivity index (χ1n) is 11.4. The minimum atomic E-state index is -0.545. The van der Waals surface area contributed by atoms with Crippen LogP contribution in [0.15, 0.2) is 30.3 Å². The largest absolute Gasteiger partial charge is 0.385 e. The van der Waals surface area contributed by atoms with Crippen LogP contribution in [0.2, 0.25) is 0 Å². The van der Waals surface area contributed by atoms with Gasteiger partial charge in [-0.3, -0.25) is 4.79 Å². The van der Waals surface area contributed by atoms with E-state index < -0.39 is 6.04 Å². The van der Waals surface area contributed by atoms with E-state index in [-0.39, 0.29) is 11.9 Å². The summed E-state index contributed by atoms with van der Waals surface area (Å²) in [5, 5.41) is 6.70. The minimum Gasteiger partial charge on any atom is -0.385 e. The molecule has 0 aromatic heterocycles. The number of hydrogen-bond donors (Lipinski definition) is 3. The van der Waals surface area contributed by atoms with Gasteiger partial charge in [0.25, 0.3) is 0 Å². The summed E-state index contributed by atoms with van der Waals surface area (Å²) >= 11 is 0. The molecule has 1 aliphatic rings. The zero-order valence-corrected chi connectivity index (χ0v) is 19.0. The van der Waals surface area contributed by atoms with Gasteiger partial charge < -0.3 is 16.4 Å². The van der Waals surface area contributed by atoms with E-state index >= 15 is 0 Å². The van der Waals surface area contributed by atoms with E-state index in [9.17, 15) is 4.79 Å². The number of fused-ring (bicyclic) bond motifs is 1. The second-order valence-electron chi connectivity index (χ2n) is 8.84. The Morgan fingerprint density at radius 2 is 1.90 bits per heavy atom. The van der Waals surface area contributed by atoms with Gasteiger partial charge in [-0.05, 0) is 80.3 Å². The van der Waals surface area contributed by atoms with Crippen molar-refractivity contribution in [3.8, 4) is 0 Å². The predicted molar refractivity (Wildman–Crippen MR) is 126 cm³/mol. The summed E-state index contributed by atoms with van der Waals surface area (Å²) < 4.78 is 0. The highest BCUT2D eigenvalue weighted by atomic mass is 16.2. The zero-order chi connectivity index (χ0) is 21.7. The van der Waals surface area contributed by atoms with Crippen LogP contribution in [0.1, 0.15) is 72.0 Å². The van der Waals surface area contributed by atoms with Gasteiger partial charge in [-0.2, -0.15) is 0 Å². The summed E-state index contributed by atoms with van der Waals surface area (Å²) in [6.07, 6.45) is 6.23. The number of rotatable bonds is 8.